The first-order chi connectivity index (χ1) is 6.93. The van der Waals surface area contributed by atoms with Crippen molar-refractivity contribution in [3.05, 3.63) is 0 Å². The molecule has 0 spiro atoms. The van der Waals surface area contributed by atoms with Crippen molar-refractivity contribution in [3.63, 3.8) is 0 Å². The van der Waals surface area contributed by atoms with Crippen LogP contribution in [0.3, 0.4) is 0 Å². The molecule has 0 radical (unpaired) electrons. The predicted octanol–water partition coefficient (Wildman–Crippen LogP) is -0.00570. The zero-order valence-corrected chi connectivity index (χ0v) is 9.24. The molecule has 0 aliphatic rings. The largest absolute Gasteiger partial charge is 0.466 e. The van der Waals surface area contributed by atoms with Gasteiger partial charge in [-0.1, -0.05) is 0 Å². The Balaban J connectivity index is 0. The van der Waals surface area contributed by atoms with E-state index in [0.29, 0.717) is 0 Å². The van der Waals surface area contributed by atoms with Gasteiger partial charge in [0.25, 0.3) is 0 Å². The summed E-state index contributed by atoms with van der Waals surface area (Å²) in [7, 11) is 0. The van der Waals surface area contributed by atoms with Gasteiger partial charge in [0.05, 0.1) is 13.2 Å². The Kier molecular flexibility index (Phi) is 11.1. The van der Waals surface area contributed by atoms with Crippen molar-refractivity contribution >= 4 is 17.8 Å². The Morgan fingerprint density at radius 3 is 1.47 bits per heavy atom. The quantitative estimate of drug-likeness (QED) is 0.530. The fraction of sp³-hybridized carbons (Fsp3) is 0.667. The van der Waals surface area contributed by atoms with Crippen LogP contribution in [-0.4, -0.2) is 31.1 Å². The fourth-order valence-corrected chi connectivity index (χ4v) is 0.542. The summed E-state index contributed by atoms with van der Waals surface area (Å²) in [6.07, 6.45) is -0.290. The van der Waals surface area contributed by atoms with Crippen LogP contribution in [0, 0.1) is 0 Å². The van der Waals surface area contributed by atoms with E-state index in [1.54, 1.807) is 13.8 Å². The van der Waals surface area contributed by atoms with Crippen molar-refractivity contribution in [2.24, 2.45) is 5.73 Å². The molecule has 0 aliphatic heterocycles. The van der Waals surface area contributed by atoms with Crippen LogP contribution in [0.4, 0.5) is 0 Å². The molecule has 88 valence electrons. The number of hydrogen-bond acceptors (Lipinski definition) is 5. The van der Waals surface area contributed by atoms with E-state index in [2.05, 4.69) is 15.2 Å². The normalized spacial score (nSPS) is 8.20. The van der Waals surface area contributed by atoms with Gasteiger partial charge in [-0.25, -0.2) is 0 Å². The van der Waals surface area contributed by atoms with Gasteiger partial charge in [0.1, 0.15) is 6.42 Å². The summed E-state index contributed by atoms with van der Waals surface area (Å²) in [6.45, 7) is 5.25. The second-order valence-corrected chi connectivity index (χ2v) is 2.40. The van der Waals surface area contributed by atoms with Gasteiger partial charge in [-0.15, -0.1) is 0 Å². The summed E-state index contributed by atoms with van der Waals surface area (Å²) in [5.41, 5.74) is 4.47. The number of ether oxygens (including phenoxy) is 2. The molecule has 6 nitrogen and oxygen atoms in total. The Morgan fingerprint density at radius 2 is 1.27 bits per heavy atom. The van der Waals surface area contributed by atoms with E-state index in [-0.39, 0.29) is 25.5 Å². The van der Waals surface area contributed by atoms with E-state index in [1.165, 1.54) is 6.92 Å². The maximum atomic E-state index is 10.6. The number of amides is 1. The van der Waals surface area contributed by atoms with Crippen LogP contribution in [0.1, 0.15) is 27.2 Å². The van der Waals surface area contributed by atoms with Crippen molar-refractivity contribution in [1.29, 1.82) is 0 Å². The molecule has 15 heavy (non-hydrogen) atoms. The standard InChI is InChI=1S/C7H12O4.C2H5NO/c1-3-10-6(8)5-7(9)11-4-2;1-2(3)4/h3-5H2,1-2H3;1H3,(H2,3,4). The molecule has 1 amide bonds. The summed E-state index contributed by atoms with van der Waals surface area (Å²) >= 11 is 0. The summed E-state index contributed by atoms with van der Waals surface area (Å²) in [6, 6.07) is 0. The van der Waals surface area contributed by atoms with Gasteiger partial charge in [0.15, 0.2) is 0 Å². The van der Waals surface area contributed by atoms with Crippen LogP contribution in [-0.2, 0) is 23.9 Å². The highest BCUT2D eigenvalue weighted by molar-refractivity contribution is 5.91. The van der Waals surface area contributed by atoms with Crippen LogP contribution in [0.2, 0.25) is 0 Å². The maximum Gasteiger partial charge on any atom is 0.317 e. The third-order valence-corrected chi connectivity index (χ3v) is 0.899. The van der Waals surface area contributed by atoms with Gasteiger partial charge in [-0.05, 0) is 13.8 Å². The van der Waals surface area contributed by atoms with Crippen LogP contribution in [0.5, 0.6) is 0 Å². The maximum absolute atomic E-state index is 10.6. The number of rotatable bonds is 4. The SMILES string of the molecule is CC(N)=O.CCOC(=O)CC(=O)OCC. The number of carbonyl (C=O) groups is 3. The Morgan fingerprint density at radius 1 is 1.00 bits per heavy atom. The number of nitrogens with two attached hydrogens (primary N) is 1. The molecular weight excluding hydrogens is 202 g/mol. The molecule has 0 heterocycles. The molecule has 0 saturated heterocycles. The fourth-order valence-electron chi connectivity index (χ4n) is 0.542. The molecule has 0 aliphatic carbocycles. The minimum atomic E-state index is -0.536. The van der Waals surface area contributed by atoms with Crippen molar-refractivity contribution in [1.82, 2.24) is 0 Å². The predicted molar refractivity (Wildman–Crippen MR) is 52.8 cm³/mol. The lowest BCUT2D eigenvalue weighted by atomic mass is 10.4. The molecule has 0 aromatic heterocycles. The first-order valence-electron chi connectivity index (χ1n) is 4.51. The number of primary amides is 1. The molecule has 0 bridgehead atoms. The lowest BCUT2D eigenvalue weighted by molar-refractivity contribution is -0.153. The molecule has 0 fully saturated rings. The van der Waals surface area contributed by atoms with Crippen molar-refractivity contribution in [3.8, 4) is 0 Å². The van der Waals surface area contributed by atoms with E-state index in [4.69, 9.17) is 0 Å². The first kappa shape index (κ1) is 15.9. The zero-order chi connectivity index (χ0) is 12.3. The van der Waals surface area contributed by atoms with Crippen molar-refractivity contribution in [2.45, 2.75) is 27.2 Å². The van der Waals surface area contributed by atoms with Crippen molar-refractivity contribution < 1.29 is 23.9 Å². The zero-order valence-electron chi connectivity index (χ0n) is 9.24. The van der Waals surface area contributed by atoms with E-state index in [9.17, 15) is 14.4 Å². The highest BCUT2D eigenvalue weighted by Crippen LogP contribution is 1.89. The summed E-state index contributed by atoms with van der Waals surface area (Å²) in [5, 5.41) is 0. The van der Waals surface area contributed by atoms with E-state index in [0.717, 1.165) is 0 Å². The average molecular weight is 219 g/mol. The smallest absolute Gasteiger partial charge is 0.317 e. The molecule has 0 unspecified atom stereocenters. The van der Waals surface area contributed by atoms with Gasteiger partial charge in [0, 0.05) is 6.92 Å². The number of esters is 2. The Bertz CT molecular complexity index is 195. The number of carbonyl (C=O) groups excluding carboxylic acids is 3. The lowest BCUT2D eigenvalue weighted by Crippen LogP contribution is -2.13. The molecule has 6 heteroatoms. The van der Waals surface area contributed by atoms with Crippen LogP contribution < -0.4 is 5.73 Å². The van der Waals surface area contributed by atoms with Gasteiger partial charge in [-0.2, -0.15) is 0 Å². The third kappa shape index (κ3) is 19.0. The first-order valence-corrected chi connectivity index (χ1v) is 4.51. The molecular formula is C9H17NO5. The van der Waals surface area contributed by atoms with Crippen LogP contribution in [0.15, 0.2) is 0 Å². The molecule has 0 atom stereocenters. The van der Waals surface area contributed by atoms with Crippen LogP contribution in [0.25, 0.3) is 0 Å². The lowest BCUT2D eigenvalue weighted by Gasteiger charge is -2.00. The van der Waals surface area contributed by atoms with E-state index < -0.39 is 11.9 Å². The van der Waals surface area contributed by atoms with Crippen LogP contribution >= 0.6 is 0 Å². The van der Waals surface area contributed by atoms with E-state index >= 15 is 0 Å². The minimum absolute atomic E-state index is 0.290. The topological polar surface area (TPSA) is 95.7 Å². The average Bonchev–Trinajstić information content (AvgIpc) is 2.03. The second-order valence-electron chi connectivity index (χ2n) is 2.40. The molecule has 0 saturated carbocycles. The van der Waals surface area contributed by atoms with Gasteiger partial charge in [0.2, 0.25) is 5.91 Å². The summed E-state index contributed by atoms with van der Waals surface area (Å²) in [5.74, 6) is -1.41. The summed E-state index contributed by atoms with van der Waals surface area (Å²) < 4.78 is 9.04. The minimum Gasteiger partial charge on any atom is -0.466 e. The van der Waals surface area contributed by atoms with Gasteiger partial charge >= 0.3 is 11.9 Å². The third-order valence-electron chi connectivity index (χ3n) is 0.899. The molecule has 0 aromatic rings. The highest BCUT2D eigenvalue weighted by atomic mass is 16.5. The second kappa shape index (κ2) is 10.5. The van der Waals surface area contributed by atoms with Gasteiger partial charge < -0.3 is 15.2 Å². The Hall–Kier alpha value is -1.59. The summed E-state index contributed by atoms with van der Waals surface area (Å²) in [4.78, 5) is 30.4. The monoisotopic (exact) mass is 219 g/mol. The van der Waals surface area contributed by atoms with Crippen molar-refractivity contribution in [2.75, 3.05) is 13.2 Å². The highest BCUT2D eigenvalue weighted by Gasteiger charge is 2.09. The molecule has 0 rings (SSSR count). The van der Waals surface area contributed by atoms with E-state index in [1.807, 2.05) is 0 Å². The molecule has 2 N–H and O–H groups in total. The van der Waals surface area contributed by atoms with Gasteiger partial charge in [-0.3, -0.25) is 14.4 Å². The molecule has 0 aromatic carbocycles. The Labute approximate surface area is 88.7 Å². The number of hydrogen-bond donors (Lipinski definition) is 1.